The Morgan fingerprint density at radius 3 is 2.52 bits per heavy atom. The summed E-state index contributed by atoms with van der Waals surface area (Å²) in [7, 11) is 5.26. The molecule has 0 radical (unpaired) electrons. The number of imide groups is 1. The molecule has 3 atom stereocenters. The number of pyridine rings is 2. The molecule has 19 heteroatoms. The number of methoxy groups -OCH3 is 1. The largest absolute Gasteiger partial charge is 0.379 e. The highest BCUT2D eigenvalue weighted by atomic mass is 16.5. The van der Waals surface area contributed by atoms with Gasteiger partial charge < -0.3 is 30.5 Å². The van der Waals surface area contributed by atoms with E-state index in [1.165, 1.54) is 21.5 Å². The lowest BCUT2D eigenvalue weighted by molar-refractivity contribution is -0.134. The molecule has 1 spiro atoms. The first-order valence-electron chi connectivity index (χ1n) is 21.2. The van der Waals surface area contributed by atoms with Crippen molar-refractivity contribution in [2.75, 3.05) is 55.9 Å². The summed E-state index contributed by atoms with van der Waals surface area (Å²) < 4.78 is 10.2. The van der Waals surface area contributed by atoms with Crippen LogP contribution in [-0.2, 0) is 21.4 Å². The standard InChI is InChI=1S/C44H47N13O6/c1-45-35-20-33(50-39-28(22-47-57(35)39)41(60)49-29-11-12-32(29)63-3)48-30-7-5-17-56(43(30)62)34-13-9-25(21-46-34)42(61)55-23-44(24-55)15-18-54(19-16-44)31-8-4-6-26-37(52-53(2)38(26)31)27-10-14-36(58)51-40(27)59/h4-9,13,17,20-22,27,29,32,45H,10-12,14-16,18-19,23-24H2,1-3H3,(H,48,50)(H,49,60)(H,51,58,59)/t27?,29-,32-/m1/s1. The molecular formula is C44H47N13O6. The van der Waals surface area contributed by atoms with Crippen LogP contribution in [0.4, 0.5) is 23.0 Å². The zero-order chi connectivity index (χ0) is 43.6. The summed E-state index contributed by atoms with van der Waals surface area (Å²) in [4.78, 5) is 78.6. The molecule has 4 aliphatic rings. The van der Waals surface area contributed by atoms with Gasteiger partial charge in [0, 0.05) is 83.1 Å². The summed E-state index contributed by atoms with van der Waals surface area (Å²) in [6.07, 6.45) is 8.85. The maximum Gasteiger partial charge on any atom is 0.279 e. The van der Waals surface area contributed by atoms with E-state index in [1.54, 1.807) is 50.7 Å². The van der Waals surface area contributed by atoms with Crippen molar-refractivity contribution in [1.29, 1.82) is 0 Å². The second-order valence-electron chi connectivity index (χ2n) is 17.0. The van der Waals surface area contributed by atoms with Gasteiger partial charge in [0.2, 0.25) is 11.8 Å². The van der Waals surface area contributed by atoms with E-state index < -0.39 is 5.92 Å². The molecule has 5 aromatic heterocycles. The highest BCUT2D eigenvalue weighted by Crippen LogP contribution is 2.43. The van der Waals surface area contributed by atoms with Gasteiger partial charge in [-0.05, 0) is 62.4 Å². The van der Waals surface area contributed by atoms with Gasteiger partial charge in [-0.25, -0.2) is 9.97 Å². The van der Waals surface area contributed by atoms with Crippen LogP contribution in [0.5, 0.6) is 0 Å². The van der Waals surface area contributed by atoms with Crippen LogP contribution < -0.4 is 31.7 Å². The number of nitrogens with zero attached hydrogens (tertiary/aromatic N) is 9. The number of rotatable bonds is 10. The van der Waals surface area contributed by atoms with Gasteiger partial charge in [0.05, 0.1) is 46.7 Å². The van der Waals surface area contributed by atoms with Gasteiger partial charge in [-0.15, -0.1) is 0 Å². The van der Waals surface area contributed by atoms with Gasteiger partial charge in [0.15, 0.2) is 5.65 Å². The fourth-order valence-corrected chi connectivity index (χ4v) is 9.53. The van der Waals surface area contributed by atoms with Crippen molar-refractivity contribution in [1.82, 2.24) is 49.5 Å². The highest BCUT2D eigenvalue weighted by molar-refractivity contribution is 6.04. The van der Waals surface area contributed by atoms with Crippen LogP contribution in [0.1, 0.15) is 70.9 Å². The Hall–Kier alpha value is -7.15. The van der Waals surface area contributed by atoms with Crippen LogP contribution in [0.2, 0.25) is 0 Å². The van der Waals surface area contributed by atoms with E-state index in [2.05, 4.69) is 47.3 Å². The van der Waals surface area contributed by atoms with Crippen LogP contribution in [0.25, 0.3) is 22.4 Å². The zero-order valence-corrected chi connectivity index (χ0v) is 35.1. The third kappa shape index (κ3) is 7.01. The lowest BCUT2D eigenvalue weighted by Crippen LogP contribution is -2.62. The highest BCUT2D eigenvalue weighted by Gasteiger charge is 2.47. The summed E-state index contributed by atoms with van der Waals surface area (Å²) in [5, 5.41) is 21.7. The molecule has 0 bridgehead atoms. The molecule has 4 amide bonds. The first-order chi connectivity index (χ1) is 30.5. The molecule has 6 aromatic rings. The second kappa shape index (κ2) is 15.6. The zero-order valence-electron chi connectivity index (χ0n) is 35.1. The number of amides is 4. The number of hydrogen-bond acceptors (Lipinski definition) is 13. The molecule has 3 aliphatic heterocycles. The fourth-order valence-electron chi connectivity index (χ4n) is 9.53. The summed E-state index contributed by atoms with van der Waals surface area (Å²) in [5.74, 6) is -0.196. The fraction of sp³-hybridized carbons (Fsp3) is 0.386. The first kappa shape index (κ1) is 40.0. The average Bonchev–Trinajstić information content (AvgIpc) is 3.86. The number of carbonyl (C=O) groups is 4. The lowest BCUT2D eigenvalue weighted by Gasteiger charge is -2.54. The normalized spacial score (nSPS) is 20.7. The number of anilines is 4. The van der Waals surface area contributed by atoms with Gasteiger partial charge in [-0.1, -0.05) is 12.1 Å². The number of aryl methyl sites for hydroxylation is 1. The number of benzene rings is 1. The van der Waals surface area contributed by atoms with E-state index >= 15 is 0 Å². The minimum absolute atomic E-state index is 0.0294. The monoisotopic (exact) mass is 853 g/mol. The van der Waals surface area contributed by atoms with E-state index in [1.807, 2.05) is 28.8 Å². The van der Waals surface area contributed by atoms with E-state index in [0.29, 0.717) is 65.9 Å². The molecule has 324 valence electrons. The second-order valence-corrected chi connectivity index (χ2v) is 17.0. The number of para-hydroxylation sites is 1. The molecule has 1 saturated carbocycles. The van der Waals surface area contributed by atoms with E-state index in [0.717, 1.165) is 55.4 Å². The molecule has 63 heavy (non-hydrogen) atoms. The molecule has 8 heterocycles. The number of aromatic nitrogens is 7. The summed E-state index contributed by atoms with van der Waals surface area (Å²) in [6, 6.07) is 14.4. The van der Waals surface area contributed by atoms with E-state index in [4.69, 9.17) is 9.84 Å². The average molecular weight is 854 g/mol. The van der Waals surface area contributed by atoms with Crippen molar-refractivity contribution in [3.63, 3.8) is 0 Å². The molecule has 1 aliphatic carbocycles. The third-order valence-corrected chi connectivity index (χ3v) is 13.2. The molecule has 4 fully saturated rings. The predicted molar refractivity (Wildman–Crippen MR) is 233 cm³/mol. The van der Waals surface area contributed by atoms with Crippen LogP contribution in [0.15, 0.2) is 71.9 Å². The van der Waals surface area contributed by atoms with Gasteiger partial charge >= 0.3 is 0 Å². The number of piperidine rings is 2. The number of hydrogen-bond donors (Lipinski definition) is 4. The third-order valence-electron chi connectivity index (χ3n) is 13.2. The van der Waals surface area contributed by atoms with Crippen molar-refractivity contribution in [2.45, 2.75) is 56.6 Å². The Bertz CT molecular complexity index is 2870. The van der Waals surface area contributed by atoms with Crippen LogP contribution in [-0.4, -0.2) is 115 Å². The number of carbonyl (C=O) groups excluding carboxylic acids is 4. The van der Waals surface area contributed by atoms with Gasteiger partial charge in [-0.2, -0.15) is 14.7 Å². The summed E-state index contributed by atoms with van der Waals surface area (Å²) >= 11 is 0. The SMILES string of the molecule is CNc1cc(Nc2cccn(-c3ccc(C(=O)N4CC5(CCN(c6cccc7c(C8CCC(=O)NC8=O)nn(C)c67)CC5)C4)cn3)c2=O)nc2c(C(=O)N[C@@H]3CC[C@H]3OC)cnn12. The van der Waals surface area contributed by atoms with Crippen molar-refractivity contribution >= 4 is 63.2 Å². The van der Waals surface area contributed by atoms with Crippen LogP contribution >= 0.6 is 0 Å². The number of nitrogens with one attached hydrogen (secondary N) is 4. The molecule has 3 saturated heterocycles. The van der Waals surface area contributed by atoms with E-state index in [-0.39, 0.29) is 52.4 Å². The molecule has 1 unspecified atom stereocenters. The lowest BCUT2D eigenvalue weighted by atomic mass is 9.71. The Balaban J connectivity index is 0.786. The predicted octanol–water partition coefficient (Wildman–Crippen LogP) is 3.12. The minimum atomic E-state index is -0.465. The summed E-state index contributed by atoms with van der Waals surface area (Å²) in [6.45, 7) is 2.94. The van der Waals surface area contributed by atoms with E-state index in [9.17, 15) is 24.0 Å². The van der Waals surface area contributed by atoms with Crippen LogP contribution in [0.3, 0.4) is 0 Å². The molecule has 1 aromatic carbocycles. The Kier molecular flexibility index (Phi) is 9.92. The van der Waals surface area contributed by atoms with Crippen LogP contribution in [0, 0.1) is 5.41 Å². The Labute approximate surface area is 360 Å². The Morgan fingerprint density at radius 1 is 0.984 bits per heavy atom. The number of likely N-dealkylation sites (tertiary alicyclic amines) is 1. The summed E-state index contributed by atoms with van der Waals surface area (Å²) in [5.41, 5.74) is 3.65. The van der Waals surface area contributed by atoms with Crippen molar-refractivity contribution < 1.29 is 23.9 Å². The maximum absolute atomic E-state index is 13.8. The van der Waals surface area contributed by atoms with Gasteiger partial charge in [0.25, 0.3) is 17.4 Å². The Morgan fingerprint density at radius 2 is 1.81 bits per heavy atom. The maximum atomic E-state index is 13.8. The number of ether oxygens (including phenoxy) is 1. The smallest absolute Gasteiger partial charge is 0.279 e. The topological polar surface area (TPSA) is 215 Å². The number of fused-ring (bicyclic) bond motifs is 2. The minimum Gasteiger partial charge on any atom is -0.379 e. The van der Waals surface area contributed by atoms with Gasteiger partial charge in [-0.3, -0.25) is 38.5 Å². The van der Waals surface area contributed by atoms with Crippen molar-refractivity contribution in [2.24, 2.45) is 12.5 Å². The van der Waals surface area contributed by atoms with Gasteiger partial charge in [0.1, 0.15) is 28.7 Å². The molecule has 19 nitrogen and oxygen atoms in total. The molecular weight excluding hydrogens is 807 g/mol. The van der Waals surface area contributed by atoms with Crippen molar-refractivity contribution in [3.8, 4) is 5.82 Å². The first-order valence-corrected chi connectivity index (χ1v) is 21.2. The molecule has 4 N–H and O–H groups in total. The quantitative estimate of drug-likeness (QED) is 0.146. The van der Waals surface area contributed by atoms with Crippen molar-refractivity contribution in [3.05, 3.63) is 94.3 Å². The molecule has 10 rings (SSSR count).